The van der Waals surface area contributed by atoms with Crippen LogP contribution in [0.3, 0.4) is 0 Å². The molecule has 0 saturated heterocycles. The molecule has 0 fully saturated rings. The van der Waals surface area contributed by atoms with Gasteiger partial charge in [-0.25, -0.2) is 5.43 Å². The van der Waals surface area contributed by atoms with Gasteiger partial charge in [0, 0.05) is 17.6 Å². The molecule has 0 radical (unpaired) electrons. The van der Waals surface area contributed by atoms with Crippen LogP contribution in [0.15, 0.2) is 64.5 Å². The summed E-state index contributed by atoms with van der Waals surface area (Å²) in [4.78, 5) is 36.5. The third-order valence-electron chi connectivity index (χ3n) is 3.59. The molecule has 0 aliphatic carbocycles. The van der Waals surface area contributed by atoms with E-state index in [9.17, 15) is 19.7 Å². The van der Waals surface area contributed by atoms with Crippen LogP contribution in [0, 0.1) is 10.1 Å². The summed E-state index contributed by atoms with van der Waals surface area (Å²) in [7, 11) is 0. The zero-order valence-corrected chi connectivity index (χ0v) is 13.9. The quantitative estimate of drug-likeness (QED) is 0.392. The highest BCUT2D eigenvalue weighted by Gasteiger charge is 2.06. The van der Waals surface area contributed by atoms with Crippen molar-refractivity contribution in [2.24, 2.45) is 5.10 Å². The van der Waals surface area contributed by atoms with Gasteiger partial charge in [0.05, 0.1) is 16.7 Å². The number of aromatic amines is 1. The summed E-state index contributed by atoms with van der Waals surface area (Å²) < 4.78 is 5.21. The maximum absolute atomic E-state index is 12.0. The molecule has 2 aromatic carbocycles. The minimum atomic E-state index is -0.540. The van der Waals surface area contributed by atoms with E-state index in [0.717, 1.165) is 5.39 Å². The largest absolute Gasteiger partial charge is 0.484 e. The number of carbonyl (C=O) groups excluding carboxylic acids is 1. The number of hydrogen-bond acceptors (Lipinski definition) is 6. The van der Waals surface area contributed by atoms with Gasteiger partial charge in [-0.05, 0) is 29.7 Å². The highest BCUT2D eigenvalue weighted by atomic mass is 16.6. The number of ether oxygens (including phenoxy) is 1. The smallest absolute Gasteiger partial charge is 0.277 e. The van der Waals surface area contributed by atoms with E-state index in [-0.39, 0.29) is 17.9 Å². The number of aromatic nitrogens is 1. The van der Waals surface area contributed by atoms with E-state index < -0.39 is 10.8 Å². The van der Waals surface area contributed by atoms with Gasteiger partial charge in [0.25, 0.3) is 17.2 Å². The number of fused-ring (bicyclic) bond motifs is 1. The molecule has 1 heterocycles. The topological polar surface area (TPSA) is 127 Å². The number of benzene rings is 2. The van der Waals surface area contributed by atoms with Gasteiger partial charge in [0.1, 0.15) is 5.75 Å². The molecule has 0 spiro atoms. The van der Waals surface area contributed by atoms with Gasteiger partial charge in [-0.3, -0.25) is 19.7 Å². The average molecular weight is 366 g/mol. The second kappa shape index (κ2) is 7.91. The zero-order chi connectivity index (χ0) is 19.2. The van der Waals surface area contributed by atoms with Crippen molar-refractivity contribution in [1.29, 1.82) is 0 Å². The number of nitrogens with zero attached hydrogens (tertiary/aromatic N) is 2. The van der Waals surface area contributed by atoms with Crippen LogP contribution in [0.1, 0.15) is 5.56 Å². The first-order valence-corrected chi connectivity index (χ1v) is 7.84. The fourth-order valence-electron chi connectivity index (χ4n) is 2.28. The maximum atomic E-state index is 12.0. The highest BCUT2D eigenvalue weighted by Crippen LogP contribution is 2.17. The lowest BCUT2D eigenvalue weighted by Gasteiger charge is -2.04. The first kappa shape index (κ1) is 17.8. The second-order valence-electron chi connectivity index (χ2n) is 5.47. The summed E-state index contributed by atoms with van der Waals surface area (Å²) in [5.41, 5.74) is 2.86. The molecule has 3 aromatic rings. The molecule has 27 heavy (non-hydrogen) atoms. The molecule has 1 aromatic heterocycles. The van der Waals surface area contributed by atoms with Crippen LogP contribution in [0.5, 0.6) is 5.75 Å². The first-order valence-electron chi connectivity index (χ1n) is 7.84. The Hall–Kier alpha value is -4.01. The zero-order valence-electron chi connectivity index (χ0n) is 13.9. The van der Waals surface area contributed by atoms with Crippen LogP contribution in [0.25, 0.3) is 10.9 Å². The van der Waals surface area contributed by atoms with E-state index in [1.165, 1.54) is 30.5 Å². The predicted molar refractivity (Wildman–Crippen MR) is 98.9 cm³/mol. The molecule has 9 heteroatoms. The van der Waals surface area contributed by atoms with Crippen molar-refractivity contribution >= 4 is 28.7 Å². The molecule has 0 saturated carbocycles. The summed E-state index contributed by atoms with van der Waals surface area (Å²) in [6.45, 7) is -0.330. The fraction of sp³-hybridized carbons (Fsp3) is 0.0556. The molecule has 0 bridgehead atoms. The number of nitrogens with one attached hydrogen (secondary N) is 2. The molecule has 0 aliphatic heterocycles. The molecule has 0 aliphatic rings. The molecule has 1 amide bonds. The van der Waals surface area contributed by atoms with Crippen molar-refractivity contribution in [3.63, 3.8) is 0 Å². The molecule has 3 rings (SSSR count). The highest BCUT2D eigenvalue weighted by molar-refractivity contribution is 5.88. The SMILES string of the molecule is O=C(COc1ccc([N+](=O)[O-])cc1)NN=Cc1cc2ccccc2[nH]c1=O. The number of amides is 1. The number of hydrogen-bond donors (Lipinski definition) is 2. The third kappa shape index (κ3) is 4.54. The second-order valence-corrected chi connectivity index (χ2v) is 5.47. The Bertz CT molecular complexity index is 1070. The van der Waals surface area contributed by atoms with E-state index in [2.05, 4.69) is 15.5 Å². The number of non-ortho nitro benzene ring substituents is 1. The fourth-order valence-corrected chi connectivity index (χ4v) is 2.28. The predicted octanol–water partition coefficient (Wildman–Crippen LogP) is 1.97. The van der Waals surface area contributed by atoms with Gasteiger partial charge >= 0.3 is 0 Å². The summed E-state index contributed by atoms with van der Waals surface area (Å²) in [6.07, 6.45) is 1.25. The molecular weight excluding hydrogens is 352 g/mol. The van der Waals surface area contributed by atoms with Gasteiger partial charge in [-0.1, -0.05) is 18.2 Å². The Labute approximate surface area is 152 Å². The standard InChI is InChI=1S/C18H14N4O5/c23-17(11-27-15-7-5-14(6-8-15)22(25)26)21-19-10-13-9-12-3-1-2-4-16(12)20-18(13)24/h1-10H,11H2,(H,20,24)(H,21,23). The Morgan fingerprint density at radius 1 is 1.22 bits per heavy atom. The Balaban J connectivity index is 1.56. The normalized spacial score (nSPS) is 10.8. The van der Waals surface area contributed by atoms with E-state index in [1.54, 1.807) is 12.1 Å². The summed E-state index contributed by atoms with van der Waals surface area (Å²) in [5.74, 6) is -0.229. The lowest BCUT2D eigenvalue weighted by Crippen LogP contribution is -2.25. The van der Waals surface area contributed by atoms with Gasteiger partial charge < -0.3 is 9.72 Å². The molecule has 2 N–H and O–H groups in total. The lowest BCUT2D eigenvalue weighted by atomic mass is 10.2. The van der Waals surface area contributed by atoms with Crippen molar-refractivity contribution in [2.45, 2.75) is 0 Å². The first-order chi connectivity index (χ1) is 13.0. The van der Waals surface area contributed by atoms with Crippen molar-refractivity contribution < 1.29 is 14.5 Å². The number of H-pyrrole nitrogens is 1. The van der Waals surface area contributed by atoms with Gasteiger partial charge in [-0.2, -0.15) is 5.10 Å². The van der Waals surface area contributed by atoms with Crippen molar-refractivity contribution in [2.75, 3.05) is 6.61 Å². The number of hydrazone groups is 1. The molecular formula is C18H14N4O5. The monoisotopic (exact) mass is 366 g/mol. The molecule has 9 nitrogen and oxygen atoms in total. The van der Waals surface area contributed by atoms with Crippen LogP contribution in [-0.4, -0.2) is 28.6 Å². The summed E-state index contributed by atoms with van der Waals surface area (Å²) in [5, 5.41) is 15.2. The van der Waals surface area contributed by atoms with Crippen LogP contribution >= 0.6 is 0 Å². The summed E-state index contributed by atoms with van der Waals surface area (Å²) >= 11 is 0. The van der Waals surface area contributed by atoms with E-state index in [4.69, 9.17) is 4.74 Å². The Morgan fingerprint density at radius 3 is 2.70 bits per heavy atom. The van der Waals surface area contributed by atoms with Crippen LogP contribution in [0.4, 0.5) is 5.69 Å². The van der Waals surface area contributed by atoms with Gasteiger partial charge in [-0.15, -0.1) is 0 Å². The van der Waals surface area contributed by atoms with Crippen molar-refractivity contribution in [3.05, 3.63) is 80.6 Å². The minimum absolute atomic E-state index is 0.0722. The molecule has 0 atom stereocenters. The van der Waals surface area contributed by atoms with Crippen LogP contribution in [-0.2, 0) is 4.79 Å². The van der Waals surface area contributed by atoms with E-state index in [0.29, 0.717) is 16.8 Å². The van der Waals surface area contributed by atoms with Crippen molar-refractivity contribution in [1.82, 2.24) is 10.4 Å². The van der Waals surface area contributed by atoms with Crippen LogP contribution < -0.4 is 15.7 Å². The lowest BCUT2D eigenvalue weighted by molar-refractivity contribution is -0.384. The number of para-hydroxylation sites is 1. The average Bonchev–Trinajstić information content (AvgIpc) is 2.67. The molecule has 0 unspecified atom stereocenters. The van der Waals surface area contributed by atoms with E-state index in [1.807, 2.05) is 18.2 Å². The Morgan fingerprint density at radius 2 is 1.96 bits per heavy atom. The molecule has 136 valence electrons. The van der Waals surface area contributed by atoms with Crippen molar-refractivity contribution in [3.8, 4) is 5.75 Å². The van der Waals surface area contributed by atoms with Gasteiger partial charge in [0.15, 0.2) is 6.61 Å². The number of nitro benzene ring substituents is 1. The number of rotatable bonds is 6. The van der Waals surface area contributed by atoms with Crippen LogP contribution in [0.2, 0.25) is 0 Å². The summed E-state index contributed by atoms with van der Waals surface area (Å²) in [6, 6.07) is 14.3. The number of nitro groups is 1. The maximum Gasteiger partial charge on any atom is 0.277 e. The number of carbonyl (C=O) groups is 1. The van der Waals surface area contributed by atoms with E-state index >= 15 is 0 Å². The Kier molecular flexibility index (Phi) is 5.22. The van der Waals surface area contributed by atoms with Gasteiger partial charge in [0.2, 0.25) is 0 Å². The number of pyridine rings is 1. The third-order valence-corrected chi connectivity index (χ3v) is 3.59. The minimum Gasteiger partial charge on any atom is -0.484 e.